The van der Waals surface area contributed by atoms with Crippen molar-refractivity contribution in [1.82, 2.24) is 5.32 Å². The Bertz CT molecular complexity index is 679. The highest BCUT2D eigenvalue weighted by molar-refractivity contribution is 5.67. The average molecular weight is 710 g/mol. The van der Waals surface area contributed by atoms with Gasteiger partial charge in [0.1, 0.15) is 0 Å². The number of ether oxygens (including phenoxy) is 3. The zero-order chi connectivity index (χ0) is 37.0. The van der Waals surface area contributed by atoms with Gasteiger partial charge in [0.05, 0.1) is 24.4 Å². The predicted octanol–water partition coefficient (Wildman–Crippen LogP) is 14.7. The zero-order valence-electron chi connectivity index (χ0n) is 35.3. The van der Waals surface area contributed by atoms with Crippen molar-refractivity contribution in [1.29, 1.82) is 0 Å². The first kappa shape index (κ1) is 49.2. The minimum absolute atomic E-state index is 0.172. The molecule has 300 valence electrons. The van der Waals surface area contributed by atoms with Crippen LogP contribution in [0.25, 0.3) is 0 Å². The Morgan fingerprint density at radius 1 is 0.500 bits per heavy atom. The van der Waals surface area contributed by atoms with E-state index in [4.69, 9.17) is 14.2 Å². The topological polar surface area (TPSA) is 56.8 Å². The van der Waals surface area contributed by atoms with Gasteiger partial charge in [0.2, 0.25) is 0 Å². The lowest BCUT2D eigenvalue weighted by Crippen LogP contribution is -2.31. The van der Waals surface area contributed by atoms with Gasteiger partial charge in [-0.25, -0.2) is 4.79 Å². The molecule has 0 aliphatic rings. The first-order chi connectivity index (χ1) is 24.2. The van der Waals surface area contributed by atoms with Crippen LogP contribution in [0.5, 0.6) is 0 Å². The molecule has 1 N–H and O–H groups in total. The third-order valence-electron chi connectivity index (χ3n) is 10.9. The van der Waals surface area contributed by atoms with E-state index in [1.165, 1.54) is 180 Å². The summed E-state index contributed by atoms with van der Waals surface area (Å²) in [5.41, 5.74) is -0.412. The third kappa shape index (κ3) is 35.6. The van der Waals surface area contributed by atoms with Crippen LogP contribution >= 0.6 is 0 Å². The minimum Gasteiger partial charge on any atom is -0.450 e. The van der Waals surface area contributed by atoms with E-state index in [1.54, 1.807) is 7.11 Å². The summed E-state index contributed by atoms with van der Waals surface area (Å²) in [6, 6.07) is 0. The molecule has 0 atom stereocenters. The van der Waals surface area contributed by atoms with E-state index in [9.17, 15) is 4.79 Å². The molecule has 5 heteroatoms. The van der Waals surface area contributed by atoms with Crippen LogP contribution in [0.3, 0.4) is 0 Å². The molecule has 0 aliphatic heterocycles. The molecule has 0 spiro atoms. The molecular weight excluding hydrogens is 618 g/mol. The molecule has 0 rings (SSSR count). The normalized spacial score (nSPS) is 12.2. The Labute approximate surface area is 314 Å². The maximum absolute atomic E-state index is 12.6. The van der Waals surface area contributed by atoms with Crippen molar-refractivity contribution in [2.45, 2.75) is 252 Å². The molecule has 0 unspecified atom stereocenters. The van der Waals surface area contributed by atoms with Crippen LogP contribution in [0.2, 0.25) is 0 Å². The SMILES string of the molecule is CCCCCCCCCCCCCCCC(CCCCCCCCCCCCCCC)CNC(=O)OCCCC(C)(C)OCCC(C)(C)OC. The summed E-state index contributed by atoms with van der Waals surface area (Å²) < 4.78 is 17.2. The monoisotopic (exact) mass is 710 g/mol. The Kier molecular flexibility index (Phi) is 34.7. The van der Waals surface area contributed by atoms with Crippen LogP contribution in [0, 0.1) is 5.92 Å². The number of unbranched alkanes of at least 4 members (excludes halogenated alkanes) is 24. The summed E-state index contributed by atoms with van der Waals surface area (Å²) in [5, 5.41) is 3.12. The lowest BCUT2D eigenvalue weighted by molar-refractivity contribution is -0.0630. The Morgan fingerprint density at radius 3 is 1.26 bits per heavy atom. The largest absolute Gasteiger partial charge is 0.450 e. The van der Waals surface area contributed by atoms with Gasteiger partial charge in [-0.3, -0.25) is 0 Å². The van der Waals surface area contributed by atoms with Gasteiger partial charge in [0, 0.05) is 13.7 Å². The number of carbonyl (C=O) groups is 1. The highest BCUT2D eigenvalue weighted by atomic mass is 16.5. The number of hydrogen-bond donors (Lipinski definition) is 1. The zero-order valence-corrected chi connectivity index (χ0v) is 35.3. The van der Waals surface area contributed by atoms with Crippen LogP contribution in [0.1, 0.15) is 241 Å². The molecule has 0 aromatic rings. The van der Waals surface area contributed by atoms with Crippen LogP contribution in [-0.4, -0.2) is 44.2 Å². The Morgan fingerprint density at radius 2 is 0.880 bits per heavy atom. The summed E-state index contributed by atoms with van der Waals surface area (Å²) in [6.07, 6.45) is 40.9. The van der Waals surface area contributed by atoms with E-state index in [0.29, 0.717) is 19.1 Å². The van der Waals surface area contributed by atoms with Crippen molar-refractivity contribution in [3.8, 4) is 0 Å². The van der Waals surface area contributed by atoms with Crippen molar-refractivity contribution in [3.05, 3.63) is 0 Å². The molecule has 0 saturated carbocycles. The molecule has 0 saturated heterocycles. The number of amides is 1. The minimum atomic E-state index is -0.258. The number of methoxy groups -OCH3 is 1. The molecule has 0 aromatic heterocycles. The number of rotatable bonds is 39. The highest BCUT2D eigenvalue weighted by Crippen LogP contribution is 2.22. The molecule has 0 aromatic carbocycles. The average Bonchev–Trinajstić information content (AvgIpc) is 3.09. The maximum Gasteiger partial charge on any atom is 0.407 e. The van der Waals surface area contributed by atoms with Gasteiger partial charge in [-0.1, -0.05) is 181 Å². The Balaban J connectivity index is 4.28. The van der Waals surface area contributed by atoms with Crippen molar-refractivity contribution >= 4 is 6.09 Å². The predicted molar refractivity (Wildman–Crippen MR) is 218 cm³/mol. The number of hydrogen-bond acceptors (Lipinski definition) is 4. The fourth-order valence-electron chi connectivity index (χ4n) is 6.94. The standard InChI is InChI=1S/C45H91NO4/c1-8-10-12-14-16-18-20-22-24-26-28-30-32-35-42(36-33-31-29-27-25-23-21-19-17-15-13-11-9-2)41-46-43(47)49-39-34-37-45(5,6)50-40-38-44(3,4)48-7/h42H,8-41H2,1-7H3,(H,46,47). The molecule has 1 amide bonds. The van der Waals surface area contributed by atoms with E-state index in [2.05, 4.69) is 46.9 Å². The maximum atomic E-state index is 12.6. The number of carbonyl (C=O) groups excluding carboxylic acids is 1. The molecule has 5 nitrogen and oxygen atoms in total. The quantitative estimate of drug-likeness (QED) is 0.0646. The molecular formula is C45H91NO4. The van der Waals surface area contributed by atoms with Crippen LogP contribution in [0.4, 0.5) is 4.79 Å². The van der Waals surface area contributed by atoms with E-state index >= 15 is 0 Å². The van der Waals surface area contributed by atoms with E-state index < -0.39 is 0 Å². The van der Waals surface area contributed by atoms with Crippen molar-refractivity contribution < 1.29 is 19.0 Å². The summed E-state index contributed by atoms with van der Waals surface area (Å²) in [5.74, 6) is 0.562. The second-order valence-electron chi connectivity index (χ2n) is 16.9. The molecule has 0 fully saturated rings. The van der Waals surface area contributed by atoms with E-state index in [1.807, 2.05) is 0 Å². The van der Waals surface area contributed by atoms with Crippen molar-refractivity contribution in [2.75, 3.05) is 26.9 Å². The van der Waals surface area contributed by atoms with Crippen LogP contribution in [0.15, 0.2) is 0 Å². The number of alkyl carbamates (subject to hydrolysis) is 1. The van der Waals surface area contributed by atoms with Crippen molar-refractivity contribution in [2.24, 2.45) is 5.92 Å². The fourth-order valence-corrected chi connectivity index (χ4v) is 6.94. The van der Waals surface area contributed by atoms with Gasteiger partial charge in [-0.2, -0.15) is 0 Å². The van der Waals surface area contributed by atoms with Gasteiger partial charge in [0.25, 0.3) is 0 Å². The second-order valence-corrected chi connectivity index (χ2v) is 16.9. The summed E-state index contributed by atoms with van der Waals surface area (Å²) in [7, 11) is 1.75. The fraction of sp³-hybridized carbons (Fsp3) is 0.978. The summed E-state index contributed by atoms with van der Waals surface area (Å²) >= 11 is 0. The van der Waals surface area contributed by atoms with Gasteiger partial charge in [-0.05, 0) is 65.7 Å². The van der Waals surface area contributed by atoms with Gasteiger partial charge in [0.15, 0.2) is 0 Å². The van der Waals surface area contributed by atoms with E-state index in [0.717, 1.165) is 25.8 Å². The van der Waals surface area contributed by atoms with Crippen molar-refractivity contribution in [3.63, 3.8) is 0 Å². The van der Waals surface area contributed by atoms with Crippen LogP contribution in [-0.2, 0) is 14.2 Å². The summed E-state index contributed by atoms with van der Waals surface area (Å²) in [4.78, 5) is 12.6. The number of nitrogens with one attached hydrogen (secondary N) is 1. The smallest absolute Gasteiger partial charge is 0.407 e. The van der Waals surface area contributed by atoms with Crippen LogP contribution < -0.4 is 5.32 Å². The first-order valence-corrected chi connectivity index (χ1v) is 22.3. The lowest BCUT2D eigenvalue weighted by atomic mass is 9.94. The van der Waals surface area contributed by atoms with Gasteiger partial charge >= 0.3 is 6.09 Å². The molecule has 0 aliphatic carbocycles. The highest BCUT2D eigenvalue weighted by Gasteiger charge is 2.22. The first-order valence-electron chi connectivity index (χ1n) is 22.3. The van der Waals surface area contributed by atoms with Gasteiger partial charge in [-0.15, -0.1) is 0 Å². The third-order valence-corrected chi connectivity index (χ3v) is 10.9. The second kappa shape index (κ2) is 35.2. The molecule has 0 heterocycles. The van der Waals surface area contributed by atoms with Gasteiger partial charge < -0.3 is 19.5 Å². The lowest BCUT2D eigenvalue weighted by Gasteiger charge is -2.28. The summed E-state index contributed by atoms with van der Waals surface area (Å²) in [6.45, 7) is 14.8. The van der Waals surface area contributed by atoms with E-state index in [-0.39, 0.29) is 17.3 Å². The molecule has 0 bridgehead atoms. The molecule has 50 heavy (non-hydrogen) atoms. The Hall–Kier alpha value is -0.810. The molecule has 0 radical (unpaired) electrons.